The highest BCUT2D eigenvalue weighted by Gasteiger charge is 2.17. The summed E-state index contributed by atoms with van der Waals surface area (Å²) in [5, 5.41) is 9.11. The van der Waals surface area contributed by atoms with E-state index in [0.717, 1.165) is 6.42 Å². The third-order valence-corrected chi connectivity index (χ3v) is 2.15. The van der Waals surface area contributed by atoms with E-state index in [4.69, 9.17) is 5.11 Å². The molecule has 0 aromatic heterocycles. The molecule has 1 aliphatic carbocycles. The topological polar surface area (TPSA) is 20.2 Å². The highest BCUT2D eigenvalue weighted by molar-refractivity contribution is 4.99. The molecule has 0 fully saturated rings. The van der Waals surface area contributed by atoms with Crippen molar-refractivity contribution in [3.63, 3.8) is 0 Å². The van der Waals surface area contributed by atoms with Crippen molar-refractivity contribution < 1.29 is 5.11 Å². The van der Waals surface area contributed by atoms with Gasteiger partial charge in [0, 0.05) is 0 Å². The van der Waals surface area contributed by atoms with Crippen molar-refractivity contribution in [3.8, 4) is 0 Å². The van der Waals surface area contributed by atoms with E-state index in [-0.39, 0.29) is 6.10 Å². The Morgan fingerprint density at radius 2 is 2.00 bits per heavy atom. The molecule has 0 saturated heterocycles. The lowest BCUT2D eigenvalue weighted by molar-refractivity contribution is 0.169. The van der Waals surface area contributed by atoms with E-state index in [0.29, 0.717) is 11.8 Å². The minimum Gasteiger partial charge on any atom is -0.389 e. The lowest BCUT2D eigenvalue weighted by Gasteiger charge is -2.23. The molecule has 1 N–H and O–H groups in total. The monoisotopic (exact) mass is 126 g/mol. The quantitative estimate of drug-likeness (QED) is 0.488. The van der Waals surface area contributed by atoms with E-state index < -0.39 is 0 Å². The van der Waals surface area contributed by atoms with Crippen LogP contribution in [0.2, 0.25) is 0 Å². The zero-order valence-corrected chi connectivity index (χ0v) is 6.04. The summed E-state index contributed by atoms with van der Waals surface area (Å²) >= 11 is 0. The van der Waals surface area contributed by atoms with Crippen LogP contribution in [-0.2, 0) is 0 Å². The third kappa shape index (κ3) is 1.55. The molecule has 0 unspecified atom stereocenters. The number of hydrogen-bond donors (Lipinski definition) is 1. The van der Waals surface area contributed by atoms with Gasteiger partial charge in [-0.2, -0.15) is 0 Å². The first kappa shape index (κ1) is 6.81. The first-order valence-corrected chi connectivity index (χ1v) is 3.56. The molecule has 1 nitrogen and oxygen atoms in total. The Morgan fingerprint density at radius 1 is 1.33 bits per heavy atom. The summed E-state index contributed by atoms with van der Waals surface area (Å²) in [4.78, 5) is 0. The van der Waals surface area contributed by atoms with E-state index in [1.165, 1.54) is 0 Å². The van der Waals surface area contributed by atoms with Crippen molar-refractivity contribution in [1.29, 1.82) is 0 Å². The van der Waals surface area contributed by atoms with Gasteiger partial charge in [-0.25, -0.2) is 0 Å². The van der Waals surface area contributed by atoms with E-state index in [1.807, 2.05) is 6.08 Å². The molecule has 0 aromatic carbocycles. The average molecular weight is 126 g/mol. The van der Waals surface area contributed by atoms with Crippen LogP contribution in [0.1, 0.15) is 20.3 Å². The Hall–Kier alpha value is -0.300. The third-order valence-electron chi connectivity index (χ3n) is 2.15. The largest absolute Gasteiger partial charge is 0.389 e. The van der Waals surface area contributed by atoms with Crippen LogP contribution >= 0.6 is 0 Å². The summed E-state index contributed by atoms with van der Waals surface area (Å²) in [6.07, 6.45) is 4.73. The maximum absolute atomic E-state index is 9.11. The fourth-order valence-electron chi connectivity index (χ4n) is 1.17. The van der Waals surface area contributed by atoms with E-state index in [9.17, 15) is 0 Å². The predicted molar refractivity (Wildman–Crippen MR) is 38.1 cm³/mol. The van der Waals surface area contributed by atoms with Gasteiger partial charge in [-0.1, -0.05) is 26.0 Å². The van der Waals surface area contributed by atoms with Crippen LogP contribution in [0.15, 0.2) is 12.2 Å². The van der Waals surface area contributed by atoms with Crippen LogP contribution in [0.3, 0.4) is 0 Å². The van der Waals surface area contributed by atoms with Gasteiger partial charge in [-0.3, -0.25) is 0 Å². The predicted octanol–water partition coefficient (Wildman–Crippen LogP) is 1.58. The molecule has 9 heavy (non-hydrogen) atoms. The second kappa shape index (κ2) is 2.53. The van der Waals surface area contributed by atoms with Gasteiger partial charge in [0.05, 0.1) is 6.10 Å². The molecule has 1 rings (SSSR count). The van der Waals surface area contributed by atoms with E-state index in [1.54, 1.807) is 0 Å². The van der Waals surface area contributed by atoms with Crippen molar-refractivity contribution in [3.05, 3.63) is 12.2 Å². The fourth-order valence-corrected chi connectivity index (χ4v) is 1.17. The maximum Gasteiger partial charge on any atom is 0.0723 e. The molecule has 3 atom stereocenters. The molecular formula is C8H14O. The molecule has 0 saturated carbocycles. The van der Waals surface area contributed by atoms with Crippen LogP contribution in [0.4, 0.5) is 0 Å². The minimum atomic E-state index is -0.184. The molecule has 0 aromatic rings. The molecule has 0 radical (unpaired) electrons. The lowest BCUT2D eigenvalue weighted by Crippen LogP contribution is -2.18. The number of aliphatic hydroxyl groups is 1. The maximum atomic E-state index is 9.11. The summed E-state index contributed by atoms with van der Waals surface area (Å²) in [7, 11) is 0. The van der Waals surface area contributed by atoms with Gasteiger partial charge in [0.2, 0.25) is 0 Å². The number of aliphatic hydroxyl groups excluding tert-OH is 1. The SMILES string of the molecule is C[C@@H]1C[C@@H](O)C=C[C@@H]1C. The number of allylic oxidation sites excluding steroid dienone is 1. The van der Waals surface area contributed by atoms with Gasteiger partial charge in [-0.15, -0.1) is 0 Å². The first-order chi connectivity index (χ1) is 4.20. The van der Waals surface area contributed by atoms with Crippen LogP contribution in [0.25, 0.3) is 0 Å². The molecule has 1 aliphatic rings. The second-order valence-electron chi connectivity index (χ2n) is 3.02. The highest BCUT2D eigenvalue weighted by atomic mass is 16.3. The second-order valence-corrected chi connectivity index (χ2v) is 3.02. The summed E-state index contributed by atoms with van der Waals surface area (Å²) in [6, 6.07) is 0. The summed E-state index contributed by atoms with van der Waals surface area (Å²) in [5.41, 5.74) is 0. The molecule has 0 amide bonds. The van der Waals surface area contributed by atoms with Crippen LogP contribution in [0, 0.1) is 11.8 Å². The van der Waals surface area contributed by atoms with Crippen LogP contribution in [0.5, 0.6) is 0 Å². The fraction of sp³-hybridized carbons (Fsp3) is 0.750. The molecule has 0 spiro atoms. The zero-order chi connectivity index (χ0) is 6.85. The van der Waals surface area contributed by atoms with Gasteiger partial charge < -0.3 is 5.11 Å². The molecule has 0 aliphatic heterocycles. The van der Waals surface area contributed by atoms with Gasteiger partial charge in [-0.05, 0) is 18.3 Å². The van der Waals surface area contributed by atoms with Crippen molar-refractivity contribution in [2.75, 3.05) is 0 Å². The lowest BCUT2D eigenvalue weighted by atomic mass is 9.86. The molecule has 52 valence electrons. The summed E-state index contributed by atoms with van der Waals surface area (Å²) < 4.78 is 0. The Morgan fingerprint density at radius 3 is 2.44 bits per heavy atom. The summed E-state index contributed by atoms with van der Waals surface area (Å²) in [5.74, 6) is 1.29. The van der Waals surface area contributed by atoms with Gasteiger partial charge in [0.25, 0.3) is 0 Å². The first-order valence-electron chi connectivity index (χ1n) is 3.56. The minimum absolute atomic E-state index is 0.184. The Bertz CT molecular complexity index is 118. The Kier molecular flexibility index (Phi) is 1.91. The van der Waals surface area contributed by atoms with Crippen LogP contribution in [-0.4, -0.2) is 11.2 Å². The number of rotatable bonds is 0. The Labute approximate surface area is 56.4 Å². The molecule has 1 heteroatoms. The molecule has 0 heterocycles. The average Bonchev–Trinajstić information content (AvgIpc) is 1.80. The van der Waals surface area contributed by atoms with Crippen molar-refractivity contribution in [1.82, 2.24) is 0 Å². The van der Waals surface area contributed by atoms with Crippen LogP contribution < -0.4 is 0 Å². The van der Waals surface area contributed by atoms with Gasteiger partial charge in [0.1, 0.15) is 0 Å². The van der Waals surface area contributed by atoms with Crippen molar-refractivity contribution >= 4 is 0 Å². The standard InChI is InChI=1S/C8H14O/c1-6-3-4-8(9)5-7(6)2/h3-4,6-9H,5H2,1-2H3/t6-,7+,8-/m0/s1. The van der Waals surface area contributed by atoms with Gasteiger partial charge >= 0.3 is 0 Å². The van der Waals surface area contributed by atoms with E-state index >= 15 is 0 Å². The number of hydrogen-bond acceptors (Lipinski definition) is 1. The summed E-state index contributed by atoms with van der Waals surface area (Å²) in [6.45, 7) is 4.37. The van der Waals surface area contributed by atoms with Gasteiger partial charge in [0.15, 0.2) is 0 Å². The highest BCUT2D eigenvalue weighted by Crippen LogP contribution is 2.23. The van der Waals surface area contributed by atoms with Crippen molar-refractivity contribution in [2.45, 2.75) is 26.4 Å². The van der Waals surface area contributed by atoms with Crippen molar-refractivity contribution in [2.24, 2.45) is 11.8 Å². The molecule has 0 bridgehead atoms. The van der Waals surface area contributed by atoms with E-state index in [2.05, 4.69) is 19.9 Å². The normalized spacial score (nSPS) is 43.2. The zero-order valence-electron chi connectivity index (χ0n) is 6.04. The smallest absolute Gasteiger partial charge is 0.0723 e. The Balaban J connectivity index is 2.54. The molecular weight excluding hydrogens is 112 g/mol.